The molecule has 2 heterocycles. The van der Waals surface area contributed by atoms with Crippen molar-refractivity contribution in [2.24, 2.45) is 0 Å². The van der Waals surface area contributed by atoms with Crippen LogP contribution in [0.1, 0.15) is 5.56 Å². The van der Waals surface area contributed by atoms with E-state index in [1.807, 2.05) is 18.0 Å². The van der Waals surface area contributed by atoms with E-state index in [1.165, 1.54) is 12.1 Å². The zero-order chi connectivity index (χ0) is 16.2. The Morgan fingerprint density at radius 3 is 2.78 bits per heavy atom. The van der Waals surface area contributed by atoms with Crippen LogP contribution in [0.25, 0.3) is 0 Å². The summed E-state index contributed by atoms with van der Waals surface area (Å²) in [6.45, 7) is 3.74. The molecule has 0 aliphatic carbocycles. The highest BCUT2D eigenvalue weighted by Gasteiger charge is 2.14. The summed E-state index contributed by atoms with van der Waals surface area (Å²) in [6, 6.07) is 6.69. The summed E-state index contributed by atoms with van der Waals surface area (Å²) in [5.74, 6) is 1.49. The monoisotopic (exact) mass is 380 g/mol. The summed E-state index contributed by atoms with van der Waals surface area (Å²) < 4.78 is 19.3. The van der Waals surface area contributed by atoms with Gasteiger partial charge in [-0.25, -0.2) is 14.4 Å². The van der Waals surface area contributed by atoms with Gasteiger partial charge in [-0.15, -0.1) is 0 Å². The molecule has 0 spiro atoms. The predicted octanol–water partition coefficient (Wildman–Crippen LogP) is 2.85. The molecule has 0 unspecified atom stereocenters. The standard InChI is InChI=1S/C16H18BrFN4O/c1-21(10-12-2-3-13(18)8-14(12)17)15-9-16(20-11-19-15)22-4-6-23-7-5-22/h2-3,8-9,11H,4-7,10H2,1H3. The topological polar surface area (TPSA) is 41.5 Å². The molecule has 0 bridgehead atoms. The fourth-order valence-electron chi connectivity index (χ4n) is 2.50. The maximum atomic E-state index is 13.2. The molecular formula is C16H18BrFN4O. The summed E-state index contributed by atoms with van der Waals surface area (Å²) in [4.78, 5) is 12.9. The second kappa shape index (κ2) is 7.23. The van der Waals surface area contributed by atoms with Crippen molar-refractivity contribution in [1.29, 1.82) is 0 Å². The van der Waals surface area contributed by atoms with Gasteiger partial charge >= 0.3 is 0 Å². The molecule has 1 fully saturated rings. The zero-order valence-electron chi connectivity index (χ0n) is 12.9. The van der Waals surface area contributed by atoms with Crippen molar-refractivity contribution in [1.82, 2.24) is 9.97 Å². The third-order valence-corrected chi connectivity index (χ3v) is 4.53. The molecule has 122 valence electrons. The number of hydrogen-bond acceptors (Lipinski definition) is 5. The molecule has 1 aliphatic rings. The average molecular weight is 381 g/mol. The van der Waals surface area contributed by atoms with Crippen LogP contribution >= 0.6 is 15.9 Å². The lowest BCUT2D eigenvalue weighted by atomic mass is 10.2. The molecule has 1 saturated heterocycles. The minimum atomic E-state index is -0.250. The number of morpholine rings is 1. The summed E-state index contributed by atoms with van der Waals surface area (Å²) in [5.41, 5.74) is 1.00. The molecular weight excluding hydrogens is 363 g/mol. The summed E-state index contributed by atoms with van der Waals surface area (Å²) >= 11 is 3.40. The third-order valence-electron chi connectivity index (χ3n) is 3.79. The van der Waals surface area contributed by atoms with Crippen LogP contribution in [0, 0.1) is 5.82 Å². The lowest BCUT2D eigenvalue weighted by Crippen LogP contribution is -2.36. The van der Waals surface area contributed by atoms with E-state index in [0.29, 0.717) is 6.54 Å². The highest BCUT2D eigenvalue weighted by Crippen LogP contribution is 2.23. The second-order valence-electron chi connectivity index (χ2n) is 5.43. The molecule has 2 aromatic rings. The van der Waals surface area contributed by atoms with E-state index < -0.39 is 0 Å². The van der Waals surface area contributed by atoms with E-state index >= 15 is 0 Å². The molecule has 0 radical (unpaired) electrons. The van der Waals surface area contributed by atoms with E-state index in [9.17, 15) is 4.39 Å². The summed E-state index contributed by atoms with van der Waals surface area (Å²) in [7, 11) is 1.96. The van der Waals surface area contributed by atoms with E-state index in [-0.39, 0.29) is 5.82 Å². The molecule has 1 aromatic carbocycles. The Hall–Kier alpha value is -1.73. The Bertz CT molecular complexity index is 679. The molecule has 0 amide bonds. The quantitative estimate of drug-likeness (QED) is 0.815. The first-order valence-electron chi connectivity index (χ1n) is 7.43. The number of nitrogens with zero attached hydrogens (tertiary/aromatic N) is 4. The molecule has 0 atom stereocenters. The highest BCUT2D eigenvalue weighted by molar-refractivity contribution is 9.10. The van der Waals surface area contributed by atoms with Gasteiger partial charge in [0.2, 0.25) is 0 Å². The Labute approximate surface area is 143 Å². The van der Waals surface area contributed by atoms with Crippen LogP contribution in [-0.4, -0.2) is 43.3 Å². The van der Waals surface area contributed by atoms with Crippen molar-refractivity contribution in [3.63, 3.8) is 0 Å². The van der Waals surface area contributed by atoms with Gasteiger partial charge < -0.3 is 14.5 Å². The van der Waals surface area contributed by atoms with Crippen LogP contribution in [0.15, 0.2) is 35.1 Å². The van der Waals surface area contributed by atoms with E-state index in [0.717, 1.165) is 48.0 Å². The lowest BCUT2D eigenvalue weighted by Gasteiger charge is -2.28. The van der Waals surface area contributed by atoms with Crippen LogP contribution in [-0.2, 0) is 11.3 Å². The normalized spacial score (nSPS) is 14.8. The number of benzene rings is 1. The van der Waals surface area contributed by atoms with Gasteiger partial charge in [-0.3, -0.25) is 0 Å². The first-order valence-corrected chi connectivity index (χ1v) is 8.22. The van der Waals surface area contributed by atoms with Crippen molar-refractivity contribution in [2.45, 2.75) is 6.54 Å². The van der Waals surface area contributed by atoms with Crippen LogP contribution in [0.2, 0.25) is 0 Å². The molecule has 1 aromatic heterocycles. The average Bonchev–Trinajstić information content (AvgIpc) is 2.58. The third kappa shape index (κ3) is 3.97. The maximum Gasteiger partial charge on any atom is 0.134 e. The Morgan fingerprint density at radius 1 is 1.26 bits per heavy atom. The van der Waals surface area contributed by atoms with Crippen LogP contribution in [0.3, 0.4) is 0 Å². The Kier molecular flexibility index (Phi) is 5.07. The minimum absolute atomic E-state index is 0.250. The summed E-state index contributed by atoms with van der Waals surface area (Å²) in [5, 5.41) is 0. The number of rotatable bonds is 4. The molecule has 0 saturated carbocycles. The molecule has 3 rings (SSSR count). The smallest absolute Gasteiger partial charge is 0.134 e. The van der Waals surface area contributed by atoms with Gasteiger partial charge in [0.1, 0.15) is 23.8 Å². The van der Waals surface area contributed by atoms with Crippen molar-refractivity contribution in [3.05, 3.63) is 46.4 Å². The van der Waals surface area contributed by atoms with Gasteiger partial charge in [0.25, 0.3) is 0 Å². The largest absolute Gasteiger partial charge is 0.378 e. The predicted molar refractivity (Wildman–Crippen MR) is 91.3 cm³/mol. The second-order valence-corrected chi connectivity index (χ2v) is 6.28. The zero-order valence-corrected chi connectivity index (χ0v) is 14.5. The van der Waals surface area contributed by atoms with E-state index in [1.54, 1.807) is 12.4 Å². The van der Waals surface area contributed by atoms with Gasteiger partial charge in [0.05, 0.1) is 13.2 Å². The van der Waals surface area contributed by atoms with Crippen molar-refractivity contribution in [3.8, 4) is 0 Å². The van der Waals surface area contributed by atoms with E-state index in [2.05, 4.69) is 30.8 Å². The van der Waals surface area contributed by atoms with Gasteiger partial charge in [0, 0.05) is 37.2 Å². The van der Waals surface area contributed by atoms with Gasteiger partial charge in [-0.2, -0.15) is 0 Å². The van der Waals surface area contributed by atoms with Gasteiger partial charge in [-0.1, -0.05) is 22.0 Å². The number of anilines is 2. The fraction of sp³-hybridized carbons (Fsp3) is 0.375. The molecule has 23 heavy (non-hydrogen) atoms. The Balaban J connectivity index is 1.75. The van der Waals surface area contributed by atoms with Crippen molar-refractivity contribution < 1.29 is 9.13 Å². The van der Waals surface area contributed by atoms with E-state index in [4.69, 9.17) is 4.74 Å². The number of hydrogen-bond donors (Lipinski definition) is 0. The number of ether oxygens (including phenoxy) is 1. The first kappa shape index (κ1) is 16.1. The van der Waals surface area contributed by atoms with Crippen LogP contribution in [0.4, 0.5) is 16.0 Å². The minimum Gasteiger partial charge on any atom is -0.378 e. The van der Waals surface area contributed by atoms with Crippen LogP contribution in [0.5, 0.6) is 0 Å². The lowest BCUT2D eigenvalue weighted by molar-refractivity contribution is 0.122. The van der Waals surface area contributed by atoms with Crippen molar-refractivity contribution >= 4 is 27.6 Å². The SMILES string of the molecule is CN(Cc1ccc(F)cc1Br)c1cc(N2CCOCC2)ncn1. The fourth-order valence-corrected chi connectivity index (χ4v) is 2.97. The molecule has 1 aliphatic heterocycles. The first-order chi connectivity index (χ1) is 11.1. The van der Waals surface area contributed by atoms with Gasteiger partial charge in [-0.05, 0) is 17.7 Å². The molecule has 5 nitrogen and oxygen atoms in total. The van der Waals surface area contributed by atoms with Crippen LogP contribution < -0.4 is 9.80 Å². The highest BCUT2D eigenvalue weighted by atomic mass is 79.9. The van der Waals surface area contributed by atoms with Gasteiger partial charge in [0.15, 0.2) is 0 Å². The maximum absolute atomic E-state index is 13.2. The van der Waals surface area contributed by atoms with Crippen molar-refractivity contribution in [2.75, 3.05) is 43.2 Å². The molecule has 0 N–H and O–H groups in total. The Morgan fingerprint density at radius 2 is 2.04 bits per heavy atom. The number of aromatic nitrogens is 2. The number of halogens is 2. The summed E-state index contributed by atoms with van der Waals surface area (Å²) in [6.07, 6.45) is 1.58. The molecule has 7 heteroatoms.